The summed E-state index contributed by atoms with van der Waals surface area (Å²) in [6.45, 7) is 4.29. The Morgan fingerprint density at radius 1 is 1.21 bits per heavy atom. The van der Waals surface area contributed by atoms with Gasteiger partial charge in [0.2, 0.25) is 15.9 Å². The Bertz CT molecular complexity index is 983. The van der Waals surface area contributed by atoms with Crippen LogP contribution in [0.5, 0.6) is 0 Å². The molecule has 0 fully saturated rings. The Kier molecular flexibility index (Phi) is 6.96. The van der Waals surface area contributed by atoms with E-state index >= 15 is 0 Å². The van der Waals surface area contributed by atoms with Gasteiger partial charge in [-0.15, -0.1) is 0 Å². The van der Waals surface area contributed by atoms with Crippen molar-refractivity contribution in [1.29, 1.82) is 0 Å². The third-order valence-corrected chi connectivity index (χ3v) is 5.97. The number of anilines is 1. The third-order valence-electron chi connectivity index (χ3n) is 3.91. The van der Waals surface area contributed by atoms with E-state index in [1.165, 1.54) is 40.9 Å². The number of amides is 1. The van der Waals surface area contributed by atoms with Crippen molar-refractivity contribution in [2.45, 2.75) is 18.7 Å². The van der Waals surface area contributed by atoms with Crippen molar-refractivity contribution in [2.75, 3.05) is 18.4 Å². The number of hydrogen-bond donors (Lipinski definition) is 1. The van der Waals surface area contributed by atoms with E-state index in [1.807, 2.05) is 0 Å². The Labute approximate surface area is 162 Å². The van der Waals surface area contributed by atoms with Crippen LogP contribution in [0, 0.1) is 10.1 Å². The van der Waals surface area contributed by atoms with E-state index in [0.717, 1.165) is 6.20 Å². The lowest BCUT2D eigenvalue weighted by Crippen LogP contribution is -2.30. The van der Waals surface area contributed by atoms with E-state index < -0.39 is 20.9 Å². The zero-order valence-corrected chi connectivity index (χ0v) is 16.2. The highest BCUT2D eigenvalue weighted by molar-refractivity contribution is 7.89. The maximum absolute atomic E-state index is 12.4. The third kappa shape index (κ3) is 4.99. The van der Waals surface area contributed by atoms with Gasteiger partial charge in [0.25, 0.3) is 0 Å². The molecular weight excluding hydrogens is 384 g/mol. The molecule has 0 unspecified atom stereocenters. The Morgan fingerprint density at radius 3 is 2.43 bits per heavy atom. The molecule has 1 heterocycles. The second-order valence-electron chi connectivity index (χ2n) is 5.63. The highest BCUT2D eigenvalue weighted by Crippen LogP contribution is 2.22. The van der Waals surface area contributed by atoms with Crippen molar-refractivity contribution in [3.63, 3.8) is 0 Å². The fraction of sp³-hybridized carbons (Fsp3) is 0.222. The average Bonchev–Trinajstić information content (AvgIpc) is 2.67. The van der Waals surface area contributed by atoms with Crippen LogP contribution in [0.25, 0.3) is 6.08 Å². The van der Waals surface area contributed by atoms with Gasteiger partial charge in [-0.05, 0) is 29.8 Å². The second-order valence-corrected chi connectivity index (χ2v) is 7.57. The lowest BCUT2D eigenvalue weighted by atomic mass is 10.2. The molecule has 2 aromatic rings. The first-order valence-electron chi connectivity index (χ1n) is 8.47. The van der Waals surface area contributed by atoms with Crippen LogP contribution >= 0.6 is 0 Å². The van der Waals surface area contributed by atoms with Crippen LogP contribution < -0.4 is 5.32 Å². The molecule has 0 saturated heterocycles. The summed E-state index contributed by atoms with van der Waals surface area (Å²) in [4.78, 5) is 26.1. The van der Waals surface area contributed by atoms with Gasteiger partial charge in [-0.25, -0.2) is 8.42 Å². The Hall–Kier alpha value is -3.11. The molecule has 0 saturated carbocycles. The monoisotopic (exact) mass is 404 g/mol. The molecule has 0 atom stereocenters. The van der Waals surface area contributed by atoms with E-state index in [-0.39, 0.29) is 16.3 Å². The fourth-order valence-electron chi connectivity index (χ4n) is 2.45. The van der Waals surface area contributed by atoms with Crippen molar-refractivity contribution in [1.82, 2.24) is 9.29 Å². The first kappa shape index (κ1) is 21.2. The second kappa shape index (κ2) is 9.20. The lowest BCUT2D eigenvalue weighted by Gasteiger charge is -2.18. The number of benzene rings is 1. The number of nitrogens with zero attached hydrogens (tertiary/aromatic N) is 3. The van der Waals surface area contributed by atoms with Crippen molar-refractivity contribution in [3.8, 4) is 0 Å². The molecule has 1 N–H and O–H groups in total. The summed E-state index contributed by atoms with van der Waals surface area (Å²) in [6, 6.07) is 7.43. The number of nitrogens with one attached hydrogen (secondary N) is 1. The number of sulfonamides is 1. The van der Waals surface area contributed by atoms with Gasteiger partial charge in [0, 0.05) is 25.4 Å². The minimum absolute atomic E-state index is 0.0373. The van der Waals surface area contributed by atoms with E-state index in [9.17, 15) is 23.3 Å². The Balaban J connectivity index is 2.11. The predicted octanol–water partition coefficient (Wildman–Crippen LogP) is 2.67. The molecular formula is C18H20N4O5S. The van der Waals surface area contributed by atoms with Gasteiger partial charge in [-0.1, -0.05) is 26.0 Å². The van der Waals surface area contributed by atoms with Crippen LogP contribution in [0.3, 0.4) is 0 Å². The van der Waals surface area contributed by atoms with Crippen LogP contribution in [-0.4, -0.2) is 41.6 Å². The van der Waals surface area contributed by atoms with Crippen LogP contribution in [-0.2, 0) is 14.8 Å². The van der Waals surface area contributed by atoms with Crippen LogP contribution in [0.4, 0.5) is 11.4 Å². The summed E-state index contributed by atoms with van der Waals surface area (Å²) in [5.74, 6) is -0.561. The molecule has 0 aliphatic carbocycles. The van der Waals surface area contributed by atoms with Gasteiger partial charge in [0.05, 0.1) is 9.82 Å². The topological polar surface area (TPSA) is 123 Å². The standard InChI is InChI=1S/C18H20N4O5S/c1-3-21(4-2)28(26,27)15-8-5-14(6-9-15)7-10-18(23)20-16-11-12-19-13-17(16)22(24)25/h5-13H,3-4H2,1-2H3,(H,19,20,23)/b10-7+. The van der Waals surface area contributed by atoms with Gasteiger partial charge in [0.15, 0.2) is 0 Å². The average molecular weight is 404 g/mol. The fourth-order valence-corrected chi connectivity index (χ4v) is 3.91. The quantitative estimate of drug-likeness (QED) is 0.410. The maximum Gasteiger partial charge on any atom is 0.310 e. The smallest absolute Gasteiger partial charge is 0.310 e. The Morgan fingerprint density at radius 2 is 1.86 bits per heavy atom. The molecule has 1 aromatic heterocycles. The van der Waals surface area contributed by atoms with Crippen molar-refractivity contribution in [3.05, 3.63) is 64.5 Å². The van der Waals surface area contributed by atoms with Gasteiger partial charge in [-0.3, -0.25) is 19.9 Å². The molecule has 1 amide bonds. The number of hydrogen-bond acceptors (Lipinski definition) is 6. The molecule has 0 aliphatic rings. The van der Waals surface area contributed by atoms with E-state index in [4.69, 9.17) is 0 Å². The van der Waals surface area contributed by atoms with Gasteiger partial charge in [0.1, 0.15) is 11.9 Å². The van der Waals surface area contributed by atoms with Crippen LogP contribution in [0.15, 0.2) is 53.7 Å². The highest BCUT2D eigenvalue weighted by atomic mass is 32.2. The number of aromatic nitrogens is 1. The molecule has 9 nitrogen and oxygen atoms in total. The van der Waals surface area contributed by atoms with E-state index in [2.05, 4.69) is 10.3 Å². The zero-order chi connectivity index (χ0) is 20.7. The molecule has 1 aromatic carbocycles. The summed E-state index contributed by atoms with van der Waals surface area (Å²) < 4.78 is 26.2. The summed E-state index contributed by atoms with van der Waals surface area (Å²) in [5, 5.41) is 13.3. The number of rotatable bonds is 8. The number of nitro groups is 1. The summed E-state index contributed by atoms with van der Waals surface area (Å²) >= 11 is 0. The molecule has 148 valence electrons. The summed E-state index contributed by atoms with van der Waals surface area (Å²) in [5.41, 5.74) is 0.336. The maximum atomic E-state index is 12.4. The van der Waals surface area contributed by atoms with Crippen molar-refractivity contribution < 1.29 is 18.1 Å². The van der Waals surface area contributed by atoms with Crippen LogP contribution in [0.2, 0.25) is 0 Å². The molecule has 0 bridgehead atoms. The molecule has 2 rings (SSSR count). The number of carbonyl (C=O) groups is 1. The minimum Gasteiger partial charge on any atom is -0.317 e. The normalized spacial score (nSPS) is 11.7. The molecule has 0 spiro atoms. The van der Waals surface area contributed by atoms with Gasteiger partial charge in [-0.2, -0.15) is 4.31 Å². The van der Waals surface area contributed by atoms with E-state index in [0.29, 0.717) is 18.7 Å². The summed E-state index contributed by atoms with van der Waals surface area (Å²) in [7, 11) is -3.54. The molecule has 10 heteroatoms. The van der Waals surface area contributed by atoms with E-state index in [1.54, 1.807) is 26.0 Å². The molecule has 0 aliphatic heterocycles. The van der Waals surface area contributed by atoms with Crippen LogP contribution in [0.1, 0.15) is 19.4 Å². The first-order chi connectivity index (χ1) is 13.3. The predicted molar refractivity (Wildman–Crippen MR) is 105 cm³/mol. The van der Waals surface area contributed by atoms with Gasteiger partial charge >= 0.3 is 5.69 Å². The largest absolute Gasteiger partial charge is 0.317 e. The first-order valence-corrected chi connectivity index (χ1v) is 9.91. The zero-order valence-electron chi connectivity index (χ0n) is 15.4. The number of carbonyl (C=O) groups excluding carboxylic acids is 1. The van der Waals surface area contributed by atoms with Crippen molar-refractivity contribution >= 4 is 33.4 Å². The highest BCUT2D eigenvalue weighted by Gasteiger charge is 2.21. The lowest BCUT2D eigenvalue weighted by molar-refractivity contribution is -0.384. The molecule has 28 heavy (non-hydrogen) atoms. The minimum atomic E-state index is -3.54. The SMILES string of the molecule is CCN(CC)S(=O)(=O)c1ccc(/C=C/C(=O)Nc2ccncc2[N+](=O)[O-])cc1. The molecule has 0 radical (unpaired) electrons. The summed E-state index contributed by atoms with van der Waals surface area (Å²) in [6.07, 6.45) is 5.07. The van der Waals surface area contributed by atoms with Crippen molar-refractivity contribution in [2.24, 2.45) is 0 Å². The number of pyridine rings is 1. The van der Waals surface area contributed by atoms with Gasteiger partial charge < -0.3 is 5.32 Å².